The third-order valence-electron chi connectivity index (χ3n) is 4.73. The summed E-state index contributed by atoms with van der Waals surface area (Å²) >= 11 is 0. The van der Waals surface area contributed by atoms with Gasteiger partial charge in [0.2, 0.25) is 12.2 Å². The maximum absolute atomic E-state index is 12.6. The van der Waals surface area contributed by atoms with Crippen LogP contribution in [0.15, 0.2) is 0 Å². The summed E-state index contributed by atoms with van der Waals surface area (Å²) in [6.07, 6.45) is -3.19. The molecule has 12 heteroatoms. The van der Waals surface area contributed by atoms with Gasteiger partial charge in [0.15, 0.2) is 12.2 Å². The fourth-order valence-electron chi connectivity index (χ4n) is 3.40. The summed E-state index contributed by atoms with van der Waals surface area (Å²) in [5.74, 6) is -3.99. The molecule has 1 N–H and O–H groups in total. The minimum Gasteiger partial charge on any atom is -0.463 e. The lowest BCUT2D eigenvalue weighted by molar-refractivity contribution is -0.271. The third kappa shape index (κ3) is 10.3. The van der Waals surface area contributed by atoms with Crippen molar-refractivity contribution in [3.8, 4) is 0 Å². The first kappa shape index (κ1) is 29.0. The molecule has 0 aromatic heterocycles. The Morgan fingerprint density at radius 1 is 0.794 bits per heavy atom. The number of hydrogen-bond donors (Lipinski definition) is 1. The molecule has 1 saturated heterocycles. The van der Waals surface area contributed by atoms with E-state index in [0.29, 0.717) is 6.42 Å². The number of carbonyl (C=O) groups is 6. The van der Waals surface area contributed by atoms with Crippen molar-refractivity contribution in [1.29, 1.82) is 0 Å². The average molecular weight is 488 g/mol. The second-order valence-electron chi connectivity index (χ2n) is 7.87. The Bertz CT molecular complexity index is 766. The smallest absolute Gasteiger partial charge is 0.305 e. The van der Waals surface area contributed by atoms with Gasteiger partial charge >= 0.3 is 23.9 Å². The van der Waals surface area contributed by atoms with E-state index in [1.807, 2.05) is 6.92 Å². The van der Waals surface area contributed by atoms with Crippen LogP contribution in [0.2, 0.25) is 0 Å². The predicted molar refractivity (Wildman–Crippen MR) is 114 cm³/mol. The second kappa shape index (κ2) is 14.3. The summed E-state index contributed by atoms with van der Waals surface area (Å²) in [5, 5.41) is 2.50. The highest BCUT2D eigenvalue weighted by atomic mass is 16.7. The van der Waals surface area contributed by atoms with Crippen molar-refractivity contribution in [2.24, 2.45) is 0 Å². The first-order valence-corrected chi connectivity index (χ1v) is 11.1. The van der Waals surface area contributed by atoms with E-state index < -0.39 is 73.5 Å². The van der Waals surface area contributed by atoms with E-state index in [1.165, 1.54) is 0 Å². The Kier molecular flexibility index (Phi) is 12.2. The van der Waals surface area contributed by atoms with Crippen LogP contribution in [0.25, 0.3) is 0 Å². The zero-order valence-corrected chi connectivity index (χ0v) is 20.1. The summed E-state index contributed by atoms with van der Waals surface area (Å²) < 4.78 is 26.4. The number of rotatable bonds is 12. The zero-order chi connectivity index (χ0) is 25.8. The summed E-state index contributed by atoms with van der Waals surface area (Å²) in [6, 6.07) is -1.32. The fraction of sp³-hybridized carbons (Fsp3) is 0.727. The van der Waals surface area contributed by atoms with Gasteiger partial charge in [0, 0.05) is 34.1 Å². The number of hydrogen-bond acceptors (Lipinski definition) is 11. The minimum atomic E-state index is -1.49. The number of esters is 4. The molecule has 0 radical (unpaired) electrons. The summed E-state index contributed by atoms with van der Waals surface area (Å²) in [4.78, 5) is 71.3. The summed E-state index contributed by atoms with van der Waals surface area (Å²) in [7, 11) is 0. The molecule has 34 heavy (non-hydrogen) atoms. The largest absolute Gasteiger partial charge is 0.463 e. The quantitative estimate of drug-likeness (QED) is 0.179. The van der Waals surface area contributed by atoms with Crippen molar-refractivity contribution in [2.75, 3.05) is 6.61 Å². The Labute approximate surface area is 197 Å². The zero-order valence-electron chi connectivity index (χ0n) is 20.1. The molecule has 0 aliphatic carbocycles. The highest BCUT2D eigenvalue weighted by Crippen LogP contribution is 2.28. The highest BCUT2D eigenvalue weighted by Gasteiger charge is 2.52. The molecule has 0 saturated carbocycles. The fourth-order valence-corrected chi connectivity index (χ4v) is 3.40. The third-order valence-corrected chi connectivity index (χ3v) is 4.73. The predicted octanol–water partition coefficient (Wildman–Crippen LogP) is 0.725. The van der Waals surface area contributed by atoms with Crippen LogP contribution in [-0.2, 0) is 52.5 Å². The van der Waals surface area contributed by atoms with Crippen molar-refractivity contribution in [1.82, 2.24) is 5.32 Å². The van der Waals surface area contributed by atoms with Gasteiger partial charge in [0.1, 0.15) is 24.5 Å². The van der Waals surface area contributed by atoms with Crippen molar-refractivity contribution in [2.45, 2.75) is 97.4 Å². The van der Waals surface area contributed by atoms with Crippen LogP contribution in [0.5, 0.6) is 0 Å². The molecule has 0 spiro atoms. The number of amides is 1. The second-order valence-corrected chi connectivity index (χ2v) is 7.87. The molecule has 1 heterocycles. The van der Waals surface area contributed by atoms with Crippen molar-refractivity contribution in [3.63, 3.8) is 0 Å². The molecule has 0 bridgehead atoms. The number of unbranched alkanes of at least 4 members (excludes halogenated alkanes) is 2. The van der Waals surface area contributed by atoms with E-state index in [0.717, 1.165) is 40.5 Å². The molecular weight excluding hydrogens is 454 g/mol. The van der Waals surface area contributed by atoms with Crippen molar-refractivity contribution >= 4 is 35.6 Å². The minimum absolute atomic E-state index is 0.226. The van der Waals surface area contributed by atoms with Gasteiger partial charge in [-0.05, 0) is 6.42 Å². The Morgan fingerprint density at radius 2 is 1.38 bits per heavy atom. The van der Waals surface area contributed by atoms with E-state index in [4.69, 9.17) is 23.7 Å². The van der Waals surface area contributed by atoms with Gasteiger partial charge in [-0.1, -0.05) is 19.8 Å². The maximum Gasteiger partial charge on any atom is 0.305 e. The van der Waals surface area contributed by atoms with Crippen LogP contribution < -0.4 is 5.32 Å². The SMILES string of the molecule is CCCCCC(=O)CC(=O)N[C@H]1[C@H](OC(C)=O)O[C@H](COC(C)=O)[C@@H](OC(C)=O)[C@@H]1OC(C)=O. The van der Waals surface area contributed by atoms with Crippen LogP contribution in [-0.4, -0.2) is 72.8 Å². The number of ether oxygens (including phenoxy) is 5. The monoisotopic (exact) mass is 487 g/mol. The molecule has 0 unspecified atom stereocenters. The van der Waals surface area contributed by atoms with Crippen LogP contribution in [0.4, 0.5) is 0 Å². The molecule has 5 atom stereocenters. The van der Waals surface area contributed by atoms with E-state index in [9.17, 15) is 28.8 Å². The summed E-state index contributed by atoms with van der Waals surface area (Å²) in [5.41, 5.74) is 0. The van der Waals surface area contributed by atoms with Crippen molar-refractivity contribution in [3.05, 3.63) is 0 Å². The lowest BCUT2D eigenvalue weighted by Gasteiger charge is -2.44. The van der Waals surface area contributed by atoms with E-state index in [2.05, 4.69) is 5.32 Å². The van der Waals surface area contributed by atoms with Gasteiger partial charge < -0.3 is 29.0 Å². The lowest BCUT2D eigenvalue weighted by atomic mass is 9.95. The van der Waals surface area contributed by atoms with Gasteiger partial charge in [0.05, 0.1) is 6.42 Å². The van der Waals surface area contributed by atoms with E-state index in [-0.39, 0.29) is 12.2 Å². The molecule has 1 fully saturated rings. The average Bonchev–Trinajstić information content (AvgIpc) is 2.70. The topological polar surface area (TPSA) is 161 Å². The Balaban J connectivity index is 3.21. The van der Waals surface area contributed by atoms with Crippen LogP contribution in [0.3, 0.4) is 0 Å². The number of carbonyl (C=O) groups excluding carboxylic acids is 6. The number of ketones is 1. The van der Waals surface area contributed by atoms with Crippen LogP contribution in [0.1, 0.15) is 66.7 Å². The molecule has 1 aliphatic rings. The van der Waals surface area contributed by atoms with Gasteiger partial charge in [-0.2, -0.15) is 0 Å². The molecule has 0 aromatic carbocycles. The number of nitrogens with one attached hydrogen (secondary N) is 1. The molecule has 192 valence electrons. The molecule has 1 rings (SSSR count). The van der Waals surface area contributed by atoms with E-state index in [1.54, 1.807) is 0 Å². The first-order valence-electron chi connectivity index (χ1n) is 11.1. The molecule has 12 nitrogen and oxygen atoms in total. The van der Waals surface area contributed by atoms with Gasteiger partial charge in [0.25, 0.3) is 0 Å². The van der Waals surface area contributed by atoms with Gasteiger partial charge in [-0.15, -0.1) is 0 Å². The first-order chi connectivity index (χ1) is 15.9. The van der Waals surface area contributed by atoms with E-state index >= 15 is 0 Å². The summed E-state index contributed by atoms with van der Waals surface area (Å²) in [6.45, 7) is 6.02. The van der Waals surface area contributed by atoms with Gasteiger partial charge in [-0.25, -0.2) is 0 Å². The normalized spacial score (nSPS) is 23.9. The van der Waals surface area contributed by atoms with Crippen LogP contribution in [0, 0.1) is 0 Å². The Morgan fingerprint density at radius 3 is 1.91 bits per heavy atom. The molecular formula is C22H33NO11. The Hall–Kier alpha value is -3.02. The van der Waals surface area contributed by atoms with Crippen LogP contribution >= 0.6 is 0 Å². The maximum atomic E-state index is 12.6. The highest BCUT2D eigenvalue weighted by molar-refractivity contribution is 5.98. The van der Waals surface area contributed by atoms with Gasteiger partial charge in [-0.3, -0.25) is 28.8 Å². The standard InChI is InChI=1S/C22H33NO11/c1-6-7-8-9-16(28)10-18(29)23-19-21(32-14(4)26)20(31-13(3)25)17(11-30-12(2)24)34-22(19)33-15(5)27/h17,19-22H,6-11H2,1-5H3,(H,23,29)/t17-,19-,20-,21-,22-/m1/s1. The molecule has 1 amide bonds. The number of Topliss-reactive ketones (excluding diaryl/α,β-unsaturated/α-hetero) is 1. The lowest BCUT2D eigenvalue weighted by Crippen LogP contribution is -2.67. The van der Waals surface area contributed by atoms with Crippen molar-refractivity contribution < 1.29 is 52.5 Å². The molecule has 1 aliphatic heterocycles. The molecule has 0 aromatic rings.